The maximum Gasteiger partial charge on any atom is 0.333 e. The Bertz CT molecular complexity index is 3960. The van der Waals surface area contributed by atoms with E-state index in [9.17, 15) is 0 Å². The minimum Gasteiger partial charge on any atom is -0.455 e. The Hall–Kier alpha value is -6.34. The molecule has 0 atom stereocenters. The lowest BCUT2D eigenvalue weighted by atomic mass is 9.43. The van der Waals surface area contributed by atoms with Crippen LogP contribution in [0.15, 0.2) is 144 Å². The number of fused-ring (bicyclic) bond motifs is 19. The number of aromatic nitrogens is 1. The average Bonchev–Trinajstić information content (AvgIpc) is 4.02. The fourth-order valence-corrected chi connectivity index (χ4v) is 13.3. The van der Waals surface area contributed by atoms with E-state index in [0.29, 0.717) is 0 Å². The van der Waals surface area contributed by atoms with Gasteiger partial charge in [0.15, 0.2) is 0 Å². The summed E-state index contributed by atoms with van der Waals surface area (Å²) in [5, 5.41) is 10.1. The number of furan rings is 1. The van der Waals surface area contributed by atoms with Crippen molar-refractivity contribution in [2.24, 2.45) is 0 Å². The van der Waals surface area contributed by atoms with Crippen LogP contribution in [0.5, 0.6) is 0 Å². The van der Waals surface area contributed by atoms with Gasteiger partial charge >= 0.3 is 6.85 Å². The molecule has 0 unspecified atom stereocenters. The second-order valence-corrected chi connectivity index (χ2v) is 21.8. The zero-order valence-corrected chi connectivity index (χ0v) is 37.1. The van der Waals surface area contributed by atoms with Gasteiger partial charge in [0.1, 0.15) is 11.2 Å². The van der Waals surface area contributed by atoms with Gasteiger partial charge in [0, 0.05) is 79.1 Å². The Morgan fingerprint density at radius 2 is 1.13 bits per heavy atom. The molecule has 12 aromatic rings. The molecule has 0 aliphatic carbocycles. The van der Waals surface area contributed by atoms with Crippen molar-refractivity contribution in [1.29, 1.82) is 0 Å². The predicted octanol–water partition coefficient (Wildman–Crippen LogP) is 15.3. The molecule has 0 saturated carbocycles. The smallest absolute Gasteiger partial charge is 0.333 e. The highest BCUT2D eigenvalue weighted by atomic mass is 32.1. The summed E-state index contributed by atoms with van der Waals surface area (Å²) in [5.41, 5.74) is 15.9. The summed E-state index contributed by atoms with van der Waals surface area (Å²) in [4.78, 5) is 2.70. The van der Waals surface area contributed by atoms with Crippen molar-refractivity contribution in [3.05, 3.63) is 151 Å². The molecule has 0 spiro atoms. The average molecular weight is 833 g/mol. The first-order chi connectivity index (χ1) is 30.0. The van der Waals surface area contributed by atoms with Crippen LogP contribution in [0.2, 0.25) is 0 Å². The quantitative estimate of drug-likeness (QED) is 0.154. The van der Waals surface area contributed by atoms with Crippen LogP contribution in [-0.2, 0) is 10.8 Å². The fourth-order valence-electron chi connectivity index (χ4n) is 11.1. The Kier molecular flexibility index (Phi) is 6.70. The van der Waals surface area contributed by atoms with Crippen LogP contribution in [0.3, 0.4) is 0 Å². The lowest BCUT2D eigenvalue weighted by Gasteiger charge is -2.42. The lowest BCUT2D eigenvalue weighted by molar-refractivity contribution is 0.590. The first-order valence-corrected chi connectivity index (χ1v) is 23.4. The van der Waals surface area contributed by atoms with Gasteiger partial charge < -0.3 is 13.8 Å². The van der Waals surface area contributed by atoms with E-state index in [0.717, 1.165) is 11.2 Å². The molecular weight excluding hydrogens is 792 g/mol. The molecule has 4 aromatic heterocycles. The summed E-state index contributed by atoms with van der Waals surface area (Å²) in [5.74, 6) is 0. The van der Waals surface area contributed by atoms with E-state index in [1.807, 2.05) is 22.7 Å². The Balaban J connectivity index is 1.24. The van der Waals surface area contributed by atoms with Crippen molar-refractivity contribution in [3.8, 4) is 16.8 Å². The van der Waals surface area contributed by atoms with Gasteiger partial charge in [0.2, 0.25) is 0 Å². The number of rotatable bonds is 1. The van der Waals surface area contributed by atoms with E-state index in [2.05, 4.69) is 190 Å². The Labute approximate surface area is 367 Å². The van der Waals surface area contributed by atoms with Crippen LogP contribution < -0.4 is 15.7 Å². The van der Waals surface area contributed by atoms with Gasteiger partial charge in [-0.05, 0) is 105 Å². The van der Waals surface area contributed by atoms with Crippen molar-refractivity contribution in [2.75, 3.05) is 4.81 Å². The van der Waals surface area contributed by atoms with E-state index in [1.165, 1.54) is 123 Å². The third-order valence-electron chi connectivity index (χ3n) is 14.1. The van der Waals surface area contributed by atoms with E-state index in [4.69, 9.17) is 4.42 Å². The fraction of sp³-hybridized carbons (Fsp3) is 0.143. The van der Waals surface area contributed by atoms with Gasteiger partial charge in [0.05, 0.1) is 16.4 Å². The molecule has 0 radical (unpaired) electrons. The van der Waals surface area contributed by atoms with Crippen LogP contribution in [0.4, 0.5) is 11.4 Å². The highest BCUT2D eigenvalue weighted by Gasteiger charge is 2.46. The molecule has 0 amide bonds. The number of thiophene rings is 2. The molecule has 3 nitrogen and oxygen atoms in total. The van der Waals surface area contributed by atoms with Crippen LogP contribution in [0.1, 0.15) is 52.7 Å². The van der Waals surface area contributed by atoms with Gasteiger partial charge in [-0.2, -0.15) is 0 Å². The summed E-state index contributed by atoms with van der Waals surface area (Å²) in [6.07, 6.45) is 0. The van der Waals surface area contributed by atoms with Crippen LogP contribution in [0.25, 0.3) is 101 Å². The largest absolute Gasteiger partial charge is 0.455 e. The van der Waals surface area contributed by atoms with E-state index < -0.39 is 0 Å². The molecule has 2 aliphatic rings. The van der Waals surface area contributed by atoms with Crippen molar-refractivity contribution in [3.63, 3.8) is 0 Å². The van der Waals surface area contributed by atoms with Crippen molar-refractivity contribution >= 4 is 136 Å². The van der Waals surface area contributed by atoms with Crippen LogP contribution in [-0.4, -0.2) is 11.4 Å². The van der Waals surface area contributed by atoms with Gasteiger partial charge in [0.25, 0.3) is 0 Å². The minimum atomic E-state index is -0.121. The number of anilines is 2. The molecule has 6 heteroatoms. The molecular formula is C56H41BN2OS2. The first kappa shape index (κ1) is 35.3. The summed E-state index contributed by atoms with van der Waals surface area (Å²) in [7, 11) is 0. The molecule has 296 valence electrons. The topological polar surface area (TPSA) is 21.3 Å². The second kappa shape index (κ2) is 11.8. The standard InChI is InChI=1S/C56H41BN2OS2/c1-55(2,3)30-19-22-32(23-20-30)59-42-26-36-33-13-8-11-17-45(33)61-47(36)28-39(42)49-50-35-15-7-10-16-44(35)60-54(50)51-38-25-31(56(4,5)6)21-24-41(38)58-43-27-37-34-14-9-12-18-46(34)62-48(37)29-40(43)57(59)52(49)53(51)58/h7-29H,1-6H3. The molecule has 6 heterocycles. The van der Waals surface area contributed by atoms with Crippen molar-refractivity contribution in [1.82, 2.24) is 4.57 Å². The molecule has 14 rings (SSSR count). The van der Waals surface area contributed by atoms with Crippen molar-refractivity contribution < 1.29 is 4.42 Å². The highest BCUT2D eigenvalue weighted by Crippen LogP contribution is 2.53. The number of hydrogen-bond acceptors (Lipinski definition) is 4. The maximum atomic E-state index is 7.23. The molecule has 0 bridgehead atoms. The predicted molar refractivity (Wildman–Crippen MR) is 270 cm³/mol. The second-order valence-electron chi connectivity index (χ2n) is 19.7. The number of nitrogens with zero attached hydrogens (tertiary/aromatic N) is 2. The zero-order valence-electron chi connectivity index (χ0n) is 35.5. The Morgan fingerprint density at radius 3 is 1.82 bits per heavy atom. The summed E-state index contributed by atoms with van der Waals surface area (Å²) in [6, 6.07) is 53.3. The van der Waals surface area contributed by atoms with Gasteiger partial charge in [-0.1, -0.05) is 114 Å². The summed E-state index contributed by atoms with van der Waals surface area (Å²) < 4.78 is 15.1. The highest BCUT2D eigenvalue weighted by molar-refractivity contribution is 7.26. The SMILES string of the molecule is CC(C)(C)c1ccc(N2B3c4cc5sc6ccccc6c5cc4-n4c5ccc(C(C)(C)C)cc5c5c6oc7ccccc7c6c(c3c54)-c3cc4sc5ccccc5c4cc32)cc1. The molecule has 0 saturated heterocycles. The van der Waals surface area contributed by atoms with Crippen molar-refractivity contribution in [2.45, 2.75) is 52.4 Å². The summed E-state index contributed by atoms with van der Waals surface area (Å²) in [6.45, 7) is 13.8. The van der Waals surface area contributed by atoms with E-state index in [1.54, 1.807) is 0 Å². The normalized spacial score (nSPS) is 13.9. The maximum absolute atomic E-state index is 7.23. The van der Waals surface area contributed by atoms with Gasteiger partial charge in [-0.15, -0.1) is 22.7 Å². The monoisotopic (exact) mass is 832 g/mol. The van der Waals surface area contributed by atoms with Crippen LogP contribution >= 0.6 is 22.7 Å². The number of hydrogen-bond donors (Lipinski definition) is 0. The third kappa shape index (κ3) is 4.51. The third-order valence-corrected chi connectivity index (χ3v) is 16.3. The van der Waals surface area contributed by atoms with Gasteiger partial charge in [-0.3, -0.25) is 0 Å². The van der Waals surface area contributed by atoms with E-state index >= 15 is 0 Å². The molecule has 8 aromatic carbocycles. The molecule has 2 aliphatic heterocycles. The lowest BCUT2D eigenvalue weighted by Crippen LogP contribution is -2.60. The first-order valence-electron chi connectivity index (χ1n) is 21.8. The molecule has 62 heavy (non-hydrogen) atoms. The minimum absolute atomic E-state index is 0.0310. The van der Waals surface area contributed by atoms with Gasteiger partial charge in [-0.25, -0.2) is 0 Å². The zero-order chi connectivity index (χ0) is 41.6. The number of benzene rings is 8. The molecule has 0 fully saturated rings. The Morgan fingerprint density at radius 1 is 0.516 bits per heavy atom. The summed E-state index contributed by atoms with van der Waals surface area (Å²) >= 11 is 3.81. The number of para-hydroxylation sites is 1. The molecule has 0 N–H and O–H groups in total. The van der Waals surface area contributed by atoms with Crippen LogP contribution in [0, 0.1) is 0 Å². The van der Waals surface area contributed by atoms with E-state index in [-0.39, 0.29) is 17.7 Å².